The van der Waals surface area contributed by atoms with E-state index < -0.39 is 0 Å². The standard InChI is InChI=1S/C13H20FNO2/c1-9(2)17-13-8-11(14)10(5-6-15-3)7-12(13)16-4/h7-9,15H,5-6H2,1-4H3. The van der Waals surface area contributed by atoms with Gasteiger partial charge in [-0.2, -0.15) is 0 Å². The molecule has 0 spiro atoms. The molecule has 0 heterocycles. The van der Waals surface area contributed by atoms with E-state index in [0.29, 0.717) is 23.5 Å². The number of nitrogens with one attached hydrogen (secondary N) is 1. The predicted octanol–water partition coefficient (Wildman–Crippen LogP) is 2.38. The van der Waals surface area contributed by atoms with Gasteiger partial charge in [0.25, 0.3) is 0 Å². The minimum absolute atomic E-state index is 0.00791. The third-order valence-corrected chi connectivity index (χ3v) is 2.34. The maximum Gasteiger partial charge on any atom is 0.164 e. The van der Waals surface area contributed by atoms with Crippen molar-refractivity contribution >= 4 is 0 Å². The minimum atomic E-state index is -0.253. The average molecular weight is 241 g/mol. The van der Waals surface area contributed by atoms with Crippen LogP contribution >= 0.6 is 0 Å². The second kappa shape index (κ2) is 6.45. The van der Waals surface area contributed by atoms with Gasteiger partial charge in [0.1, 0.15) is 5.82 Å². The van der Waals surface area contributed by atoms with Crippen molar-refractivity contribution in [1.82, 2.24) is 5.32 Å². The molecule has 0 amide bonds. The molecule has 0 unspecified atom stereocenters. The predicted molar refractivity (Wildman–Crippen MR) is 66.3 cm³/mol. The lowest BCUT2D eigenvalue weighted by Gasteiger charge is -2.15. The van der Waals surface area contributed by atoms with Crippen LogP contribution in [0.5, 0.6) is 11.5 Å². The number of likely N-dealkylation sites (N-methyl/N-ethyl adjacent to an activating group) is 1. The Morgan fingerprint density at radius 2 is 2.00 bits per heavy atom. The highest BCUT2D eigenvalue weighted by atomic mass is 19.1. The third kappa shape index (κ3) is 3.89. The highest BCUT2D eigenvalue weighted by Gasteiger charge is 2.12. The van der Waals surface area contributed by atoms with E-state index in [0.717, 1.165) is 6.54 Å². The number of methoxy groups -OCH3 is 1. The fourth-order valence-corrected chi connectivity index (χ4v) is 1.53. The largest absolute Gasteiger partial charge is 0.493 e. The quantitative estimate of drug-likeness (QED) is 0.829. The Balaban J connectivity index is 2.97. The van der Waals surface area contributed by atoms with Gasteiger partial charge in [-0.05, 0) is 45.5 Å². The Kier molecular flexibility index (Phi) is 5.22. The van der Waals surface area contributed by atoms with E-state index in [1.165, 1.54) is 6.07 Å². The molecular weight excluding hydrogens is 221 g/mol. The molecule has 0 aromatic heterocycles. The second-order valence-electron chi connectivity index (χ2n) is 4.11. The lowest BCUT2D eigenvalue weighted by atomic mass is 10.1. The summed E-state index contributed by atoms with van der Waals surface area (Å²) in [7, 11) is 3.40. The van der Waals surface area contributed by atoms with Gasteiger partial charge >= 0.3 is 0 Å². The van der Waals surface area contributed by atoms with E-state index in [4.69, 9.17) is 9.47 Å². The molecule has 0 aliphatic carbocycles. The zero-order valence-corrected chi connectivity index (χ0v) is 10.8. The molecule has 0 aliphatic heterocycles. The van der Waals surface area contributed by atoms with E-state index in [-0.39, 0.29) is 11.9 Å². The van der Waals surface area contributed by atoms with Crippen molar-refractivity contribution in [3.63, 3.8) is 0 Å². The van der Waals surface area contributed by atoms with E-state index in [2.05, 4.69) is 5.32 Å². The van der Waals surface area contributed by atoms with Gasteiger partial charge in [0.15, 0.2) is 11.5 Å². The molecule has 1 aromatic rings. The molecule has 0 saturated carbocycles. The first-order valence-electron chi connectivity index (χ1n) is 5.76. The van der Waals surface area contributed by atoms with Crippen molar-refractivity contribution in [2.45, 2.75) is 26.4 Å². The molecule has 0 radical (unpaired) electrons. The smallest absolute Gasteiger partial charge is 0.164 e. The van der Waals surface area contributed by atoms with Crippen molar-refractivity contribution in [3.05, 3.63) is 23.5 Å². The summed E-state index contributed by atoms with van der Waals surface area (Å²) in [4.78, 5) is 0. The van der Waals surface area contributed by atoms with E-state index in [9.17, 15) is 4.39 Å². The Morgan fingerprint density at radius 1 is 1.29 bits per heavy atom. The lowest BCUT2D eigenvalue weighted by Crippen LogP contribution is -2.12. The zero-order chi connectivity index (χ0) is 12.8. The van der Waals surface area contributed by atoms with Crippen LogP contribution in [0, 0.1) is 5.82 Å². The molecular formula is C13H20FNO2. The zero-order valence-electron chi connectivity index (χ0n) is 10.8. The van der Waals surface area contributed by atoms with Crippen molar-refractivity contribution in [2.24, 2.45) is 0 Å². The Morgan fingerprint density at radius 3 is 2.53 bits per heavy atom. The highest BCUT2D eigenvalue weighted by molar-refractivity contribution is 5.44. The molecule has 0 aliphatic rings. The van der Waals surface area contributed by atoms with Crippen LogP contribution in [0.15, 0.2) is 12.1 Å². The first kappa shape index (κ1) is 13.8. The molecule has 17 heavy (non-hydrogen) atoms. The van der Waals surface area contributed by atoms with Crippen molar-refractivity contribution < 1.29 is 13.9 Å². The van der Waals surface area contributed by atoms with Crippen molar-refractivity contribution in [2.75, 3.05) is 20.7 Å². The summed E-state index contributed by atoms with van der Waals surface area (Å²) in [5.41, 5.74) is 0.632. The molecule has 0 bridgehead atoms. The lowest BCUT2D eigenvalue weighted by molar-refractivity contribution is 0.229. The molecule has 0 fully saturated rings. The van der Waals surface area contributed by atoms with Crippen LogP contribution in [-0.4, -0.2) is 26.8 Å². The highest BCUT2D eigenvalue weighted by Crippen LogP contribution is 2.31. The van der Waals surface area contributed by atoms with Crippen LogP contribution in [0.25, 0.3) is 0 Å². The van der Waals surface area contributed by atoms with Gasteiger partial charge in [0.2, 0.25) is 0 Å². The summed E-state index contributed by atoms with van der Waals surface area (Å²) in [5.74, 6) is 0.774. The van der Waals surface area contributed by atoms with E-state index >= 15 is 0 Å². The van der Waals surface area contributed by atoms with Crippen LogP contribution in [0.1, 0.15) is 19.4 Å². The molecule has 0 saturated heterocycles. The van der Waals surface area contributed by atoms with Gasteiger partial charge in [-0.1, -0.05) is 0 Å². The normalized spacial score (nSPS) is 10.7. The van der Waals surface area contributed by atoms with Gasteiger partial charge in [0, 0.05) is 6.07 Å². The number of ether oxygens (including phenoxy) is 2. The maximum absolute atomic E-state index is 13.8. The summed E-state index contributed by atoms with van der Waals surface area (Å²) in [6.45, 7) is 4.52. The molecule has 1 aromatic carbocycles. The number of hydrogen-bond donors (Lipinski definition) is 1. The van der Waals surface area contributed by atoms with Gasteiger partial charge in [-0.3, -0.25) is 0 Å². The average Bonchev–Trinajstić information content (AvgIpc) is 2.27. The second-order valence-corrected chi connectivity index (χ2v) is 4.11. The number of rotatable bonds is 6. The molecule has 3 nitrogen and oxygen atoms in total. The van der Waals surface area contributed by atoms with Crippen LogP contribution < -0.4 is 14.8 Å². The number of hydrogen-bond acceptors (Lipinski definition) is 3. The monoisotopic (exact) mass is 241 g/mol. The minimum Gasteiger partial charge on any atom is -0.493 e. The van der Waals surface area contributed by atoms with Gasteiger partial charge in [-0.25, -0.2) is 4.39 Å². The van der Waals surface area contributed by atoms with Crippen LogP contribution in [0.2, 0.25) is 0 Å². The van der Waals surface area contributed by atoms with Crippen LogP contribution in [-0.2, 0) is 6.42 Å². The third-order valence-electron chi connectivity index (χ3n) is 2.34. The topological polar surface area (TPSA) is 30.5 Å². The fraction of sp³-hybridized carbons (Fsp3) is 0.538. The molecule has 4 heteroatoms. The summed E-state index contributed by atoms with van der Waals surface area (Å²) in [6, 6.07) is 3.09. The van der Waals surface area contributed by atoms with Gasteiger partial charge in [0.05, 0.1) is 13.2 Å². The summed E-state index contributed by atoms with van der Waals surface area (Å²) >= 11 is 0. The fourth-order valence-electron chi connectivity index (χ4n) is 1.53. The number of halogens is 1. The van der Waals surface area contributed by atoms with Crippen molar-refractivity contribution in [3.8, 4) is 11.5 Å². The van der Waals surface area contributed by atoms with Crippen LogP contribution in [0.3, 0.4) is 0 Å². The Labute approximate surface area is 102 Å². The van der Waals surface area contributed by atoms with Gasteiger partial charge in [-0.15, -0.1) is 0 Å². The molecule has 0 atom stereocenters. The Hall–Kier alpha value is -1.29. The SMILES string of the molecule is CNCCc1cc(OC)c(OC(C)C)cc1F. The van der Waals surface area contributed by atoms with Crippen LogP contribution in [0.4, 0.5) is 4.39 Å². The summed E-state index contributed by atoms with van der Waals surface area (Å²) < 4.78 is 24.5. The summed E-state index contributed by atoms with van der Waals surface area (Å²) in [5, 5.41) is 2.99. The first-order valence-corrected chi connectivity index (χ1v) is 5.76. The number of benzene rings is 1. The Bertz CT molecular complexity index is 367. The maximum atomic E-state index is 13.8. The van der Waals surface area contributed by atoms with Crippen molar-refractivity contribution in [1.29, 1.82) is 0 Å². The molecule has 1 rings (SSSR count). The molecule has 96 valence electrons. The van der Waals surface area contributed by atoms with Gasteiger partial charge < -0.3 is 14.8 Å². The van der Waals surface area contributed by atoms with E-state index in [1.807, 2.05) is 20.9 Å². The first-order chi connectivity index (χ1) is 8.08. The summed E-state index contributed by atoms with van der Waals surface area (Å²) in [6.07, 6.45) is 0.618. The van der Waals surface area contributed by atoms with E-state index in [1.54, 1.807) is 13.2 Å². The molecule has 1 N–H and O–H groups in total.